The third-order valence-electron chi connectivity index (χ3n) is 3.28. The molecule has 3 heteroatoms. The Kier molecular flexibility index (Phi) is 5.48. The van der Waals surface area contributed by atoms with Gasteiger partial charge in [-0.1, -0.05) is 30.3 Å². The van der Waals surface area contributed by atoms with Crippen LogP contribution in [0.15, 0.2) is 36.4 Å². The van der Waals surface area contributed by atoms with E-state index in [1.807, 2.05) is 26.0 Å². The first-order chi connectivity index (χ1) is 9.66. The molecular weight excluding hydrogens is 266 g/mol. The predicted molar refractivity (Wildman–Crippen MR) is 86.7 cm³/mol. The summed E-state index contributed by atoms with van der Waals surface area (Å²) in [5, 5.41) is 0. The zero-order valence-corrected chi connectivity index (χ0v) is 12.9. The van der Waals surface area contributed by atoms with E-state index in [0.29, 0.717) is 5.75 Å². The monoisotopic (exact) mass is 287 g/mol. The van der Waals surface area contributed by atoms with E-state index in [4.69, 9.17) is 0 Å². The van der Waals surface area contributed by atoms with Crippen molar-refractivity contribution in [3.8, 4) is 0 Å². The van der Waals surface area contributed by atoms with Crippen LogP contribution in [0.5, 0.6) is 0 Å². The second-order valence-electron chi connectivity index (χ2n) is 5.06. The maximum atomic E-state index is 12.1. The van der Waals surface area contributed by atoms with Gasteiger partial charge in [0.25, 0.3) is 0 Å². The zero-order chi connectivity index (χ0) is 14.4. The zero-order valence-electron chi connectivity index (χ0n) is 12.1. The van der Waals surface area contributed by atoms with Gasteiger partial charge in [0.15, 0.2) is 5.78 Å². The Morgan fingerprint density at radius 1 is 1.20 bits per heavy atom. The number of nitrogens with one attached hydrogen (secondary N) is 1. The van der Waals surface area contributed by atoms with Gasteiger partial charge in [-0.25, -0.2) is 0 Å². The van der Waals surface area contributed by atoms with Gasteiger partial charge in [-0.3, -0.25) is 4.79 Å². The van der Waals surface area contributed by atoms with E-state index < -0.39 is 0 Å². The van der Waals surface area contributed by atoms with Crippen LogP contribution >= 0.6 is 11.8 Å². The number of benzene rings is 1. The number of aryl methyl sites for hydroxylation is 3. The topological polar surface area (TPSA) is 32.9 Å². The number of aromatic nitrogens is 1. The molecule has 0 saturated carbocycles. The molecule has 0 unspecified atom stereocenters. The van der Waals surface area contributed by atoms with Crippen molar-refractivity contribution in [2.45, 2.75) is 26.7 Å². The van der Waals surface area contributed by atoms with Gasteiger partial charge >= 0.3 is 0 Å². The number of aromatic amines is 1. The number of rotatable bonds is 7. The number of hydrogen-bond donors (Lipinski definition) is 1. The van der Waals surface area contributed by atoms with E-state index in [0.717, 1.165) is 35.5 Å². The molecular formula is C17H21NOS. The van der Waals surface area contributed by atoms with Crippen molar-refractivity contribution in [3.63, 3.8) is 0 Å². The van der Waals surface area contributed by atoms with Crippen molar-refractivity contribution in [1.82, 2.24) is 4.98 Å². The second-order valence-corrected chi connectivity index (χ2v) is 6.16. The van der Waals surface area contributed by atoms with Crippen LogP contribution in [0, 0.1) is 13.8 Å². The molecule has 0 radical (unpaired) electrons. The molecule has 106 valence electrons. The molecule has 0 aliphatic heterocycles. The predicted octanol–water partition coefficient (Wildman–Crippen LogP) is 4.18. The summed E-state index contributed by atoms with van der Waals surface area (Å²) in [7, 11) is 0. The van der Waals surface area contributed by atoms with Gasteiger partial charge in [0.1, 0.15) is 0 Å². The number of Topliss-reactive ketones (excluding diaryl/α,β-unsaturated/α-hetero) is 1. The fraction of sp³-hybridized carbons (Fsp3) is 0.353. The van der Waals surface area contributed by atoms with Crippen molar-refractivity contribution >= 4 is 17.5 Å². The molecule has 2 aromatic rings. The number of H-pyrrole nitrogens is 1. The van der Waals surface area contributed by atoms with Crippen molar-refractivity contribution in [2.75, 3.05) is 11.5 Å². The molecule has 0 saturated heterocycles. The molecule has 0 atom stereocenters. The first-order valence-corrected chi connectivity index (χ1v) is 8.13. The Bertz CT molecular complexity index is 560. The summed E-state index contributed by atoms with van der Waals surface area (Å²) in [4.78, 5) is 15.3. The van der Waals surface area contributed by atoms with Gasteiger partial charge in [0.2, 0.25) is 0 Å². The maximum absolute atomic E-state index is 12.1. The summed E-state index contributed by atoms with van der Waals surface area (Å²) in [6.07, 6.45) is 2.21. The van der Waals surface area contributed by atoms with Crippen molar-refractivity contribution in [3.05, 3.63) is 58.9 Å². The quantitative estimate of drug-likeness (QED) is 0.612. The molecule has 1 heterocycles. The molecule has 1 aromatic carbocycles. The summed E-state index contributed by atoms with van der Waals surface area (Å²) in [5.74, 6) is 1.84. The number of thioether (sulfide) groups is 1. The first kappa shape index (κ1) is 14.9. The van der Waals surface area contributed by atoms with Crippen LogP contribution in [-0.2, 0) is 6.42 Å². The fourth-order valence-electron chi connectivity index (χ4n) is 2.28. The Morgan fingerprint density at radius 2 is 1.95 bits per heavy atom. The van der Waals surface area contributed by atoms with E-state index in [1.54, 1.807) is 11.8 Å². The van der Waals surface area contributed by atoms with E-state index >= 15 is 0 Å². The van der Waals surface area contributed by atoms with Gasteiger partial charge in [-0.2, -0.15) is 11.8 Å². The summed E-state index contributed by atoms with van der Waals surface area (Å²) in [5.41, 5.74) is 4.26. The Morgan fingerprint density at radius 3 is 2.60 bits per heavy atom. The molecule has 1 aromatic heterocycles. The van der Waals surface area contributed by atoms with Gasteiger partial charge in [0.05, 0.1) is 5.75 Å². The largest absolute Gasteiger partial charge is 0.362 e. The normalized spacial score (nSPS) is 10.7. The molecule has 0 aliphatic rings. The average Bonchev–Trinajstić information content (AvgIpc) is 2.78. The minimum atomic E-state index is 0.233. The van der Waals surface area contributed by atoms with Crippen LogP contribution < -0.4 is 0 Å². The van der Waals surface area contributed by atoms with Gasteiger partial charge in [0, 0.05) is 17.0 Å². The summed E-state index contributed by atoms with van der Waals surface area (Å²) in [6, 6.07) is 12.4. The standard InChI is InChI=1S/C17H21NOS/c1-13-11-16(14(2)18-13)17(19)12-20-10-6-9-15-7-4-3-5-8-15/h3-5,7-8,11,18H,6,9-10,12H2,1-2H3. The van der Waals surface area contributed by atoms with Gasteiger partial charge in [-0.15, -0.1) is 0 Å². The van der Waals surface area contributed by atoms with Crippen LogP contribution in [-0.4, -0.2) is 22.3 Å². The lowest BCUT2D eigenvalue weighted by atomic mass is 10.1. The lowest BCUT2D eigenvalue weighted by Gasteiger charge is -2.02. The molecule has 1 N–H and O–H groups in total. The highest BCUT2D eigenvalue weighted by Gasteiger charge is 2.11. The number of hydrogen-bond acceptors (Lipinski definition) is 2. The number of ketones is 1. The highest BCUT2D eigenvalue weighted by Crippen LogP contribution is 2.14. The average molecular weight is 287 g/mol. The lowest BCUT2D eigenvalue weighted by molar-refractivity contribution is 0.102. The minimum absolute atomic E-state index is 0.233. The molecule has 20 heavy (non-hydrogen) atoms. The second kappa shape index (κ2) is 7.34. The van der Waals surface area contributed by atoms with E-state index in [1.165, 1.54) is 5.56 Å². The number of carbonyl (C=O) groups is 1. The molecule has 0 aliphatic carbocycles. The van der Waals surface area contributed by atoms with Crippen LogP contribution in [0.4, 0.5) is 0 Å². The van der Waals surface area contributed by atoms with E-state index in [2.05, 4.69) is 29.2 Å². The van der Waals surface area contributed by atoms with Crippen LogP contribution in [0.2, 0.25) is 0 Å². The molecule has 0 fully saturated rings. The van der Waals surface area contributed by atoms with E-state index in [9.17, 15) is 4.79 Å². The molecule has 2 nitrogen and oxygen atoms in total. The van der Waals surface area contributed by atoms with Crippen LogP contribution in [0.1, 0.15) is 33.7 Å². The van der Waals surface area contributed by atoms with Crippen LogP contribution in [0.3, 0.4) is 0 Å². The smallest absolute Gasteiger partial charge is 0.174 e. The number of carbonyl (C=O) groups excluding carboxylic acids is 1. The highest BCUT2D eigenvalue weighted by atomic mass is 32.2. The molecule has 0 spiro atoms. The SMILES string of the molecule is Cc1cc(C(=O)CSCCCc2ccccc2)c(C)[nH]1. The third kappa shape index (κ3) is 4.27. The third-order valence-corrected chi connectivity index (χ3v) is 4.32. The molecule has 0 bridgehead atoms. The Balaban J connectivity index is 1.68. The molecule has 0 amide bonds. The summed E-state index contributed by atoms with van der Waals surface area (Å²) >= 11 is 1.73. The maximum Gasteiger partial charge on any atom is 0.174 e. The van der Waals surface area contributed by atoms with Crippen molar-refractivity contribution < 1.29 is 4.79 Å². The fourth-order valence-corrected chi connectivity index (χ4v) is 3.11. The first-order valence-electron chi connectivity index (χ1n) is 6.98. The van der Waals surface area contributed by atoms with E-state index in [-0.39, 0.29) is 5.78 Å². The van der Waals surface area contributed by atoms with Crippen LogP contribution in [0.25, 0.3) is 0 Å². The molecule has 2 rings (SSSR count). The van der Waals surface area contributed by atoms with Gasteiger partial charge < -0.3 is 4.98 Å². The van der Waals surface area contributed by atoms with Gasteiger partial charge in [-0.05, 0) is 44.1 Å². The summed E-state index contributed by atoms with van der Waals surface area (Å²) in [6.45, 7) is 3.94. The lowest BCUT2D eigenvalue weighted by Crippen LogP contribution is -2.03. The Labute approximate surface area is 125 Å². The van der Waals surface area contributed by atoms with Crippen molar-refractivity contribution in [2.24, 2.45) is 0 Å². The summed E-state index contributed by atoms with van der Waals surface area (Å²) < 4.78 is 0. The highest BCUT2D eigenvalue weighted by molar-refractivity contribution is 7.99. The minimum Gasteiger partial charge on any atom is -0.362 e. The Hall–Kier alpha value is -1.48. The van der Waals surface area contributed by atoms with Crippen molar-refractivity contribution in [1.29, 1.82) is 0 Å².